The number of hydrogen-bond donors (Lipinski definition) is 2. The molecule has 0 aliphatic heterocycles. The molecule has 0 unspecified atom stereocenters. The lowest BCUT2D eigenvalue weighted by Gasteiger charge is -2.24. The smallest absolute Gasteiger partial charge is 0.239 e. The summed E-state index contributed by atoms with van der Waals surface area (Å²) in [7, 11) is 0. The van der Waals surface area contributed by atoms with Gasteiger partial charge in [0.25, 0.3) is 0 Å². The van der Waals surface area contributed by atoms with Gasteiger partial charge in [-0.05, 0) is 46.1 Å². The van der Waals surface area contributed by atoms with Crippen LogP contribution in [0.1, 0.15) is 46.5 Å². The van der Waals surface area contributed by atoms with Gasteiger partial charge < -0.3 is 10.6 Å². The highest BCUT2D eigenvalue weighted by molar-refractivity contribution is 5.85. The molecule has 2 N–H and O–H groups in total. The Morgan fingerprint density at radius 3 is 2.81 bits per heavy atom. The fourth-order valence-electron chi connectivity index (χ4n) is 2.04. The summed E-state index contributed by atoms with van der Waals surface area (Å²) in [6.45, 7) is 7.42. The van der Waals surface area contributed by atoms with E-state index in [0.29, 0.717) is 0 Å². The first-order valence-electron chi connectivity index (χ1n) is 6.27. The van der Waals surface area contributed by atoms with Gasteiger partial charge in [0.2, 0.25) is 5.91 Å². The summed E-state index contributed by atoms with van der Waals surface area (Å²) in [6, 6.07) is 0. The Morgan fingerprint density at radius 1 is 1.50 bits per heavy atom. The zero-order valence-electron chi connectivity index (χ0n) is 10.7. The van der Waals surface area contributed by atoms with Gasteiger partial charge in [0.15, 0.2) is 0 Å². The van der Waals surface area contributed by atoms with Crippen molar-refractivity contribution in [3.63, 3.8) is 0 Å². The zero-order chi connectivity index (χ0) is 12.0. The molecule has 0 fully saturated rings. The van der Waals surface area contributed by atoms with E-state index in [-0.39, 0.29) is 5.91 Å². The summed E-state index contributed by atoms with van der Waals surface area (Å²) in [4.78, 5) is 11.8. The third kappa shape index (κ3) is 3.97. The van der Waals surface area contributed by atoms with Crippen LogP contribution in [0.4, 0.5) is 0 Å². The van der Waals surface area contributed by atoms with E-state index in [1.165, 1.54) is 24.8 Å². The first kappa shape index (κ1) is 13.2. The van der Waals surface area contributed by atoms with Crippen LogP contribution >= 0.6 is 0 Å². The molecular weight excluding hydrogens is 200 g/mol. The van der Waals surface area contributed by atoms with Gasteiger partial charge in [0.1, 0.15) is 0 Å². The third-order valence-corrected chi connectivity index (χ3v) is 3.05. The van der Waals surface area contributed by atoms with Gasteiger partial charge >= 0.3 is 0 Å². The van der Waals surface area contributed by atoms with Crippen LogP contribution in [0.2, 0.25) is 0 Å². The van der Waals surface area contributed by atoms with Gasteiger partial charge in [0.05, 0.1) is 5.54 Å². The predicted octanol–water partition coefficient (Wildman–Crippen LogP) is 1.99. The predicted molar refractivity (Wildman–Crippen MR) is 67.3 cm³/mol. The highest BCUT2D eigenvalue weighted by Gasteiger charge is 2.25. The summed E-state index contributed by atoms with van der Waals surface area (Å²) in [6.07, 6.45) is 7.03. The van der Waals surface area contributed by atoms with Crippen molar-refractivity contribution in [2.75, 3.05) is 13.1 Å². The molecule has 3 heteroatoms. The molecule has 0 heterocycles. The molecule has 1 rings (SSSR count). The number of nitrogens with one attached hydrogen (secondary N) is 2. The molecule has 1 aliphatic carbocycles. The molecule has 0 aromatic heterocycles. The van der Waals surface area contributed by atoms with E-state index in [0.717, 1.165) is 19.5 Å². The average Bonchev–Trinajstić information content (AvgIpc) is 2.70. The fourth-order valence-corrected chi connectivity index (χ4v) is 2.04. The van der Waals surface area contributed by atoms with Gasteiger partial charge in [-0.3, -0.25) is 4.79 Å². The highest BCUT2D eigenvalue weighted by atomic mass is 16.2. The number of likely N-dealkylation sites (N-methyl/N-ethyl adjacent to an activating group) is 1. The monoisotopic (exact) mass is 224 g/mol. The lowest BCUT2D eigenvalue weighted by atomic mass is 10.0. The Bertz CT molecular complexity index is 269. The van der Waals surface area contributed by atoms with Gasteiger partial charge in [-0.25, -0.2) is 0 Å². The first-order chi connectivity index (χ1) is 7.56. The minimum atomic E-state index is -0.460. The second-order valence-electron chi connectivity index (χ2n) is 4.92. The van der Waals surface area contributed by atoms with E-state index >= 15 is 0 Å². The maximum atomic E-state index is 11.8. The first-order valence-corrected chi connectivity index (χ1v) is 6.27. The molecule has 0 radical (unpaired) electrons. The maximum absolute atomic E-state index is 11.8. The zero-order valence-corrected chi connectivity index (χ0v) is 10.7. The largest absolute Gasteiger partial charge is 0.354 e. The van der Waals surface area contributed by atoms with Crippen LogP contribution in [-0.2, 0) is 4.79 Å². The lowest BCUT2D eigenvalue weighted by molar-refractivity contribution is -0.126. The maximum Gasteiger partial charge on any atom is 0.239 e. The van der Waals surface area contributed by atoms with Crippen molar-refractivity contribution in [1.82, 2.24) is 10.6 Å². The highest BCUT2D eigenvalue weighted by Crippen LogP contribution is 2.19. The molecule has 3 nitrogen and oxygen atoms in total. The Hall–Kier alpha value is -0.830. The molecule has 0 atom stereocenters. The van der Waals surface area contributed by atoms with Crippen LogP contribution in [0, 0.1) is 0 Å². The van der Waals surface area contributed by atoms with Crippen LogP contribution in [0.5, 0.6) is 0 Å². The van der Waals surface area contributed by atoms with Gasteiger partial charge in [-0.2, -0.15) is 0 Å². The van der Waals surface area contributed by atoms with Crippen LogP contribution in [0.15, 0.2) is 11.6 Å². The van der Waals surface area contributed by atoms with Gasteiger partial charge in [-0.1, -0.05) is 18.6 Å². The van der Waals surface area contributed by atoms with E-state index < -0.39 is 5.54 Å². The molecule has 1 amide bonds. The standard InChI is InChI=1S/C13H24N2O/c1-4-15-13(2,3)12(16)14-10-9-11-7-5-6-8-11/h7,15H,4-6,8-10H2,1-3H3,(H,14,16). The van der Waals surface area contributed by atoms with Crippen LogP contribution in [-0.4, -0.2) is 24.5 Å². The van der Waals surface area contributed by atoms with Crippen molar-refractivity contribution in [1.29, 1.82) is 0 Å². The molecular formula is C13H24N2O. The van der Waals surface area contributed by atoms with Crippen molar-refractivity contribution >= 4 is 5.91 Å². The van der Waals surface area contributed by atoms with Gasteiger partial charge in [-0.15, -0.1) is 0 Å². The molecule has 0 bridgehead atoms. The molecule has 0 spiro atoms. The number of carbonyl (C=O) groups excluding carboxylic acids is 1. The number of rotatable bonds is 6. The van der Waals surface area contributed by atoms with E-state index in [1.807, 2.05) is 20.8 Å². The fraction of sp³-hybridized carbons (Fsp3) is 0.769. The van der Waals surface area contributed by atoms with Crippen LogP contribution < -0.4 is 10.6 Å². The van der Waals surface area contributed by atoms with Crippen molar-refractivity contribution < 1.29 is 4.79 Å². The van der Waals surface area contributed by atoms with Crippen molar-refractivity contribution in [2.24, 2.45) is 0 Å². The van der Waals surface area contributed by atoms with E-state index in [2.05, 4.69) is 16.7 Å². The van der Waals surface area contributed by atoms with E-state index in [9.17, 15) is 4.79 Å². The molecule has 0 saturated carbocycles. The molecule has 0 saturated heterocycles. The molecule has 0 aromatic carbocycles. The summed E-state index contributed by atoms with van der Waals surface area (Å²) < 4.78 is 0. The second kappa shape index (κ2) is 6.04. The quantitative estimate of drug-likeness (QED) is 0.677. The van der Waals surface area contributed by atoms with Crippen LogP contribution in [0.25, 0.3) is 0 Å². The summed E-state index contributed by atoms with van der Waals surface area (Å²) >= 11 is 0. The van der Waals surface area contributed by atoms with Crippen molar-refractivity contribution in [3.8, 4) is 0 Å². The molecule has 16 heavy (non-hydrogen) atoms. The van der Waals surface area contributed by atoms with Crippen LogP contribution in [0.3, 0.4) is 0 Å². The topological polar surface area (TPSA) is 41.1 Å². The van der Waals surface area contributed by atoms with E-state index in [4.69, 9.17) is 0 Å². The number of hydrogen-bond acceptors (Lipinski definition) is 2. The minimum absolute atomic E-state index is 0.0907. The second-order valence-corrected chi connectivity index (χ2v) is 4.92. The SMILES string of the molecule is CCNC(C)(C)C(=O)NCCC1=CCCC1. The summed E-state index contributed by atoms with van der Waals surface area (Å²) in [5.74, 6) is 0.0907. The Balaban J connectivity index is 2.23. The Morgan fingerprint density at radius 2 is 2.25 bits per heavy atom. The Labute approximate surface area is 98.7 Å². The molecule has 0 aromatic rings. The van der Waals surface area contributed by atoms with Crippen molar-refractivity contribution in [2.45, 2.75) is 52.0 Å². The third-order valence-electron chi connectivity index (χ3n) is 3.05. The number of carbonyl (C=O) groups is 1. The number of allylic oxidation sites excluding steroid dienone is 1. The van der Waals surface area contributed by atoms with Gasteiger partial charge in [0, 0.05) is 6.54 Å². The normalized spacial score (nSPS) is 16.1. The Kier molecular flexibility index (Phi) is 5.00. The summed E-state index contributed by atoms with van der Waals surface area (Å²) in [5.41, 5.74) is 1.04. The summed E-state index contributed by atoms with van der Waals surface area (Å²) in [5, 5.41) is 6.17. The minimum Gasteiger partial charge on any atom is -0.354 e. The molecule has 92 valence electrons. The lowest BCUT2D eigenvalue weighted by Crippen LogP contribution is -2.52. The van der Waals surface area contributed by atoms with E-state index in [1.54, 1.807) is 0 Å². The van der Waals surface area contributed by atoms with Crippen molar-refractivity contribution in [3.05, 3.63) is 11.6 Å². The molecule has 1 aliphatic rings. The average molecular weight is 224 g/mol. The number of amides is 1.